The Kier molecular flexibility index (Phi) is 3.60. The molecule has 0 fully saturated rings. The highest BCUT2D eigenvalue weighted by Crippen LogP contribution is 2.18. The number of anilines is 2. The zero-order valence-electron chi connectivity index (χ0n) is 10.6. The van der Waals surface area contributed by atoms with Crippen molar-refractivity contribution in [3.8, 4) is 5.69 Å². The van der Waals surface area contributed by atoms with Crippen molar-refractivity contribution in [3.05, 3.63) is 60.2 Å². The second kappa shape index (κ2) is 5.71. The van der Waals surface area contributed by atoms with E-state index in [9.17, 15) is 0 Å². The molecule has 0 unspecified atom stereocenters. The first-order valence-electron chi connectivity index (χ1n) is 6.12. The molecular weight excluding hydrogens is 274 g/mol. The van der Waals surface area contributed by atoms with Gasteiger partial charge in [-0.25, -0.2) is 0 Å². The smallest absolute Gasteiger partial charge is 0.252 e. The number of aromatic nitrogens is 4. The average molecular weight is 286 g/mol. The molecule has 0 spiro atoms. The SMILES string of the molecule is ClCc1cccc(Nc2nnnn2-c2ccccc2)c1. The summed E-state index contributed by atoms with van der Waals surface area (Å²) in [6, 6.07) is 17.5. The van der Waals surface area contributed by atoms with Crippen molar-refractivity contribution in [2.45, 2.75) is 5.88 Å². The molecule has 0 atom stereocenters. The number of tetrazole rings is 1. The molecule has 6 heteroatoms. The van der Waals surface area contributed by atoms with Gasteiger partial charge in [0.1, 0.15) is 0 Å². The van der Waals surface area contributed by atoms with Crippen molar-refractivity contribution in [2.75, 3.05) is 5.32 Å². The molecule has 2 aromatic carbocycles. The molecule has 0 saturated carbocycles. The Hall–Kier alpha value is -2.40. The van der Waals surface area contributed by atoms with Crippen LogP contribution in [0, 0.1) is 0 Å². The molecule has 20 heavy (non-hydrogen) atoms. The Bertz CT molecular complexity index is 696. The van der Waals surface area contributed by atoms with E-state index in [0.29, 0.717) is 11.8 Å². The highest BCUT2D eigenvalue weighted by molar-refractivity contribution is 6.17. The first-order valence-corrected chi connectivity index (χ1v) is 6.66. The molecule has 5 nitrogen and oxygen atoms in total. The van der Waals surface area contributed by atoms with Gasteiger partial charge in [-0.15, -0.1) is 11.6 Å². The van der Waals surface area contributed by atoms with Gasteiger partial charge in [-0.3, -0.25) is 0 Å². The first-order chi connectivity index (χ1) is 9.86. The Morgan fingerprint density at radius 2 is 1.90 bits per heavy atom. The van der Waals surface area contributed by atoms with Gasteiger partial charge >= 0.3 is 0 Å². The molecule has 0 bridgehead atoms. The summed E-state index contributed by atoms with van der Waals surface area (Å²) in [6.07, 6.45) is 0. The molecule has 0 amide bonds. The van der Waals surface area contributed by atoms with Crippen LogP contribution in [0.3, 0.4) is 0 Å². The summed E-state index contributed by atoms with van der Waals surface area (Å²) in [5, 5.41) is 14.9. The van der Waals surface area contributed by atoms with E-state index in [2.05, 4.69) is 20.8 Å². The fraction of sp³-hybridized carbons (Fsp3) is 0.0714. The zero-order valence-corrected chi connectivity index (χ0v) is 11.3. The largest absolute Gasteiger partial charge is 0.323 e. The molecule has 1 N–H and O–H groups in total. The lowest BCUT2D eigenvalue weighted by Crippen LogP contribution is -2.03. The van der Waals surface area contributed by atoms with Crippen molar-refractivity contribution in [2.24, 2.45) is 0 Å². The Morgan fingerprint density at radius 1 is 1.05 bits per heavy atom. The Morgan fingerprint density at radius 3 is 2.70 bits per heavy atom. The molecule has 1 heterocycles. The van der Waals surface area contributed by atoms with E-state index >= 15 is 0 Å². The summed E-state index contributed by atoms with van der Waals surface area (Å²) in [4.78, 5) is 0. The minimum atomic E-state index is 0.471. The molecule has 0 saturated heterocycles. The lowest BCUT2D eigenvalue weighted by atomic mass is 10.2. The Labute approximate surface area is 121 Å². The van der Waals surface area contributed by atoms with Gasteiger partial charge in [0.15, 0.2) is 0 Å². The maximum Gasteiger partial charge on any atom is 0.252 e. The molecular formula is C14H12ClN5. The zero-order chi connectivity index (χ0) is 13.8. The lowest BCUT2D eigenvalue weighted by molar-refractivity contribution is 0.791. The van der Waals surface area contributed by atoms with Gasteiger partial charge < -0.3 is 5.32 Å². The van der Waals surface area contributed by atoms with Crippen LogP contribution in [0.2, 0.25) is 0 Å². The molecule has 3 aromatic rings. The van der Waals surface area contributed by atoms with Crippen molar-refractivity contribution in [3.63, 3.8) is 0 Å². The Balaban J connectivity index is 1.90. The average Bonchev–Trinajstić information content (AvgIpc) is 2.96. The monoisotopic (exact) mass is 285 g/mol. The number of alkyl halides is 1. The molecule has 0 aliphatic heterocycles. The minimum Gasteiger partial charge on any atom is -0.323 e. The van der Waals surface area contributed by atoms with E-state index in [1.807, 2.05) is 54.6 Å². The van der Waals surface area contributed by atoms with Crippen molar-refractivity contribution >= 4 is 23.2 Å². The molecule has 0 radical (unpaired) electrons. The second-order valence-corrected chi connectivity index (χ2v) is 4.48. The summed E-state index contributed by atoms with van der Waals surface area (Å²) >= 11 is 5.83. The van der Waals surface area contributed by atoms with E-state index in [1.165, 1.54) is 0 Å². The summed E-state index contributed by atoms with van der Waals surface area (Å²) in [7, 11) is 0. The van der Waals surface area contributed by atoms with Crippen LogP contribution < -0.4 is 5.32 Å². The predicted octanol–water partition coefficient (Wildman–Crippen LogP) is 3.14. The van der Waals surface area contributed by atoms with E-state index in [-0.39, 0.29) is 0 Å². The van der Waals surface area contributed by atoms with Crippen molar-refractivity contribution < 1.29 is 0 Å². The van der Waals surface area contributed by atoms with Gasteiger partial charge in [0.2, 0.25) is 0 Å². The molecule has 3 rings (SSSR count). The number of hydrogen-bond donors (Lipinski definition) is 1. The third-order valence-electron chi connectivity index (χ3n) is 2.81. The van der Waals surface area contributed by atoms with Crippen LogP contribution in [0.1, 0.15) is 5.56 Å². The van der Waals surface area contributed by atoms with Crippen LogP contribution in [0.15, 0.2) is 54.6 Å². The van der Waals surface area contributed by atoms with Crippen LogP contribution in [0.25, 0.3) is 5.69 Å². The number of nitrogens with zero attached hydrogens (tertiary/aromatic N) is 4. The second-order valence-electron chi connectivity index (χ2n) is 4.21. The van der Waals surface area contributed by atoms with E-state index in [4.69, 9.17) is 11.6 Å². The van der Waals surface area contributed by atoms with E-state index in [0.717, 1.165) is 16.9 Å². The number of benzene rings is 2. The maximum absolute atomic E-state index is 5.83. The highest BCUT2D eigenvalue weighted by Gasteiger charge is 2.08. The standard InChI is InChI=1S/C14H12ClN5/c15-10-11-5-4-6-12(9-11)16-14-17-18-19-20(14)13-7-2-1-3-8-13/h1-9H,10H2,(H,16,17,19). The van der Waals surface area contributed by atoms with Crippen LogP contribution in [0.5, 0.6) is 0 Å². The number of rotatable bonds is 4. The first kappa shape index (κ1) is 12.6. The fourth-order valence-electron chi connectivity index (χ4n) is 1.87. The fourth-order valence-corrected chi connectivity index (χ4v) is 2.04. The molecule has 0 aliphatic carbocycles. The lowest BCUT2D eigenvalue weighted by Gasteiger charge is -2.07. The summed E-state index contributed by atoms with van der Waals surface area (Å²) in [5.74, 6) is 1.03. The third-order valence-corrected chi connectivity index (χ3v) is 3.12. The molecule has 0 aliphatic rings. The highest BCUT2D eigenvalue weighted by atomic mass is 35.5. The maximum atomic E-state index is 5.83. The van der Waals surface area contributed by atoms with Gasteiger partial charge in [0.25, 0.3) is 5.95 Å². The number of hydrogen-bond acceptors (Lipinski definition) is 4. The van der Waals surface area contributed by atoms with Crippen LogP contribution >= 0.6 is 11.6 Å². The number of halogens is 1. The van der Waals surface area contributed by atoms with Gasteiger partial charge in [0, 0.05) is 11.6 Å². The molecule has 100 valence electrons. The van der Waals surface area contributed by atoms with Gasteiger partial charge in [0.05, 0.1) is 5.69 Å². The van der Waals surface area contributed by atoms with Gasteiger partial charge in [-0.1, -0.05) is 35.4 Å². The van der Waals surface area contributed by atoms with Gasteiger partial charge in [-0.2, -0.15) is 4.68 Å². The normalized spacial score (nSPS) is 10.4. The predicted molar refractivity (Wildman–Crippen MR) is 78.4 cm³/mol. The van der Waals surface area contributed by atoms with Crippen LogP contribution in [-0.2, 0) is 5.88 Å². The summed E-state index contributed by atoms with van der Waals surface area (Å²) < 4.78 is 1.65. The quantitative estimate of drug-likeness (QED) is 0.748. The summed E-state index contributed by atoms with van der Waals surface area (Å²) in [5.41, 5.74) is 2.83. The van der Waals surface area contributed by atoms with Crippen molar-refractivity contribution in [1.29, 1.82) is 0 Å². The van der Waals surface area contributed by atoms with Crippen LogP contribution in [0.4, 0.5) is 11.6 Å². The van der Waals surface area contributed by atoms with E-state index in [1.54, 1.807) is 4.68 Å². The summed E-state index contributed by atoms with van der Waals surface area (Å²) in [6.45, 7) is 0. The number of nitrogens with one attached hydrogen (secondary N) is 1. The number of para-hydroxylation sites is 1. The minimum absolute atomic E-state index is 0.471. The van der Waals surface area contributed by atoms with Crippen molar-refractivity contribution in [1.82, 2.24) is 20.2 Å². The molecule has 1 aromatic heterocycles. The third kappa shape index (κ3) is 2.62. The van der Waals surface area contributed by atoms with Crippen LogP contribution in [-0.4, -0.2) is 20.2 Å². The topological polar surface area (TPSA) is 55.6 Å². The van der Waals surface area contributed by atoms with E-state index < -0.39 is 0 Å². The van der Waals surface area contributed by atoms with Gasteiger partial charge in [-0.05, 0) is 40.3 Å².